The van der Waals surface area contributed by atoms with E-state index < -0.39 is 17.7 Å². The molecular weight excluding hydrogens is 246 g/mol. The summed E-state index contributed by atoms with van der Waals surface area (Å²) in [7, 11) is 0. The minimum absolute atomic E-state index is 0.231. The second kappa shape index (κ2) is 6.47. The fourth-order valence-electron chi connectivity index (χ4n) is 2.96. The summed E-state index contributed by atoms with van der Waals surface area (Å²) in [5.41, 5.74) is 0.614. The minimum atomic E-state index is -0.818. The summed E-state index contributed by atoms with van der Waals surface area (Å²) < 4.78 is 26.8. The standard InChI is InChI=1S/C16H22F2O/c1-11-9-13(15(18)10-14(11)17)16(19)8-7-12-5-3-2-4-6-12/h9-10,12,16,19H,2-8H2,1H3. The first-order valence-corrected chi connectivity index (χ1v) is 7.21. The molecule has 0 amide bonds. The van der Waals surface area contributed by atoms with Gasteiger partial charge in [-0.05, 0) is 37.3 Å². The van der Waals surface area contributed by atoms with Gasteiger partial charge in [-0.3, -0.25) is 0 Å². The third-order valence-corrected chi connectivity index (χ3v) is 4.21. The maximum Gasteiger partial charge on any atom is 0.131 e. The largest absolute Gasteiger partial charge is 0.388 e. The number of aryl methyl sites for hydroxylation is 1. The van der Waals surface area contributed by atoms with E-state index in [0.29, 0.717) is 17.9 Å². The van der Waals surface area contributed by atoms with E-state index in [4.69, 9.17) is 0 Å². The molecule has 1 N–H and O–H groups in total. The van der Waals surface area contributed by atoms with Crippen molar-refractivity contribution in [2.24, 2.45) is 5.92 Å². The molecule has 1 aromatic rings. The molecule has 1 aromatic carbocycles. The van der Waals surface area contributed by atoms with Gasteiger partial charge in [-0.15, -0.1) is 0 Å². The lowest BCUT2D eigenvalue weighted by Gasteiger charge is -2.23. The molecule has 0 spiro atoms. The Balaban J connectivity index is 1.95. The number of aliphatic hydroxyl groups is 1. The zero-order valence-electron chi connectivity index (χ0n) is 11.5. The third kappa shape index (κ3) is 3.75. The summed E-state index contributed by atoms with van der Waals surface area (Å²) in [6, 6.07) is 2.30. The highest BCUT2D eigenvalue weighted by Gasteiger charge is 2.19. The predicted molar refractivity (Wildman–Crippen MR) is 71.9 cm³/mol. The Kier molecular flexibility index (Phi) is 4.92. The number of hydrogen-bond acceptors (Lipinski definition) is 1. The van der Waals surface area contributed by atoms with E-state index >= 15 is 0 Å². The van der Waals surface area contributed by atoms with Gasteiger partial charge in [-0.1, -0.05) is 32.1 Å². The molecule has 3 heteroatoms. The SMILES string of the molecule is Cc1cc(C(O)CCC2CCCCC2)c(F)cc1F. The lowest BCUT2D eigenvalue weighted by molar-refractivity contribution is 0.147. The van der Waals surface area contributed by atoms with E-state index in [1.807, 2.05) is 0 Å². The van der Waals surface area contributed by atoms with Crippen molar-refractivity contribution < 1.29 is 13.9 Å². The molecule has 1 unspecified atom stereocenters. The zero-order chi connectivity index (χ0) is 13.8. The fraction of sp³-hybridized carbons (Fsp3) is 0.625. The van der Waals surface area contributed by atoms with Gasteiger partial charge in [0.25, 0.3) is 0 Å². The van der Waals surface area contributed by atoms with Crippen molar-refractivity contribution in [3.8, 4) is 0 Å². The molecule has 0 aromatic heterocycles. The molecule has 1 aliphatic rings. The van der Waals surface area contributed by atoms with Gasteiger partial charge in [0.2, 0.25) is 0 Å². The van der Waals surface area contributed by atoms with E-state index in [0.717, 1.165) is 12.5 Å². The van der Waals surface area contributed by atoms with Gasteiger partial charge in [0.05, 0.1) is 6.10 Å². The average Bonchev–Trinajstić information content (AvgIpc) is 2.41. The summed E-state index contributed by atoms with van der Waals surface area (Å²) >= 11 is 0. The van der Waals surface area contributed by atoms with Crippen molar-refractivity contribution >= 4 is 0 Å². The second-order valence-electron chi connectivity index (χ2n) is 5.72. The Bertz CT molecular complexity index is 425. The number of benzene rings is 1. The maximum absolute atomic E-state index is 13.6. The highest BCUT2D eigenvalue weighted by atomic mass is 19.1. The molecule has 0 saturated heterocycles. The van der Waals surface area contributed by atoms with Crippen molar-refractivity contribution in [1.29, 1.82) is 0 Å². The quantitative estimate of drug-likeness (QED) is 0.841. The molecule has 2 rings (SSSR count). The Morgan fingerprint density at radius 1 is 1.16 bits per heavy atom. The van der Waals surface area contributed by atoms with Gasteiger partial charge in [0.15, 0.2) is 0 Å². The van der Waals surface area contributed by atoms with Crippen LogP contribution in [-0.4, -0.2) is 5.11 Å². The number of aliphatic hydroxyl groups excluding tert-OH is 1. The first-order chi connectivity index (χ1) is 9.08. The van der Waals surface area contributed by atoms with Crippen LogP contribution in [0.1, 0.15) is 62.2 Å². The number of halogens is 2. The maximum atomic E-state index is 13.6. The summed E-state index contributed by atoms with van der Waals surface area (Å²) in [5, 5.41) is 10.1. The van der Waals surface area contributed by atoms with Crippen LogP contribution in [0.3, 0.4) is 0 Å². The third-order valence-electron chi connectivity index (χ3n) is 4.21. The Hall–Kier alpha value is -0.960. The summed E-state index contributed by atoms with van der Waals surface area (Å²) in [6.45, 7) is 1.59. The Morgan fingerprint density at radius 3 is 2.53 bits per heavy atom. The lowest BCUT2D eigenvalue weighted by Crippen LogP contribution is -2.09. The molecule has 106 valence electrons. The van der Waals surface area contributed by atoms with Gasteiger partial charge in [-0.25, -0.2) is 8.78 Å². The highest BCUT2D eigenvalue weighted by molar-refractivity contribution is 5.27. The summed E-state index contributed by atoms with van der Waals surface area (Å²) in [6.07, 6.45) is 6.96. The van der Waals surface area contributed by atoms with Gasteiger partial charge < -0.3 is 5.11 Å². The van der Waals surface area contributed by atoms with Crippen LogP contribution in [0.15, 0.2) is 12.1 Å². The van der Waals surface area contributed by atoms with Crippen LogP contribution in [0.25, 0.3) is 0 Å². The van der Waals surface area contributed by atoms with E-state index in [1.54, 1.807) is 6.92 Å². The lowest BCUT2D eigenvalue weighted by atomic mass is 9.85. The van der Waals surface area contributed by atoms with Crippen LogP contribution in [0.5, 0.6) is 0 Å². The molecule has 1 atom stereocenters. The van der Waals surface area contributed by atoms with Crippen molar-refractivity contribution in [2.75, 3.05) is 0 Å². The minimum Gasteiger partial charge on any atom is -0.388 e. The van der Waals surface area contributed by atoms with Crippen molar-refractivity contribution in [1.82, 2.24) is 0 Å². The molecule has 1 nitrogen and oxygen atoms in total. The van der Waals surface area contributed by atoms with Crippen molar-refractivity contribution in [2.45, 2.75) is 58.0 Å². The molecule has 1 saturated carbocycles. The van der Waals surface area contributed by atoms with Gasteiger partial charge >= 0.3 is 0 Å². The van der Waals surface area contributed by atoms with Gasteiger partial charge in [0, 0.05) is 11.6 Å². The topological polar surface area (TPSA) is 20.2 Å². The summed E-state index contributed by atoms with van der Waals surface area (Å²) in [4.78, 5) is 0. The number of hydrogen-bond donors (Lipinski definition) is 1. The Labute approximate surface area is 113 Å². The van der Waals surface area contributed by atoms with Crippen molar-refractivity contribution in [3.05, 3.63) is 34.9 Å². The first-order valence-electron chi connectivity index (χ1n) is 7.21. The zero-order valence-corrected chi connectivity index (χ0v) is 11.5. The van der Waals surface area contributed by atoms with Crippen LogP contribution >= 0.6 is 0 Å². The van der Waals surface area contributed by atoms with Crippen LogP contribution in [-0.2, 0) is 0 Å². The molecule has 19 heavy (non-hydrogen) atoms. The normalized spacial score (nSPS) is 18.5. The van der Waals surface area contributed by atoms with Gasteiger partial charge in [0.1, 0.15) is 11.6 Å². The van der Waals surface area contributed by atoms with E-state index in [9.17, 15) is 13.9 Å². The van der Waals surface area contributed by atoms with E-state index in [2.05, 4.69) is 0 Å². The number of rotatable bonds is 4. The molecule has 0 radical (unpaired) electrons. The van der Waals surface area contributed by atoms with E-state index in [1.165, 1.54) is 38.2 Å². The first kappa shape index (κ1) is 14.4. The molecule has 0 heterocycles. The van der Waals surface area contributed by atoms with Crippen molar-refractivity contribution in [3.63, 3.8) is 0 Å². The molecule has 1 fully saturated rings. The molecular formula is C16H22F2O. The molecule has 0 bridgehead atoms. The van der Waals surface area contributed by atoms with Crippen LogP contribution in [0.4, 0.5) is 8.78 Å². The van der Waals surface area contributed by atoms with Crippen LogP contribution in [0.2, 0.25) is 0 Å². The fourth-order valence-corrected chi connectivity index (χ4v) is 2.96. The second-order valence-corrected chi connectivity index (χ2v) is 5.72. The van der Waals surface area contributed by atoms with Crippen LogP contribution < -0.4 is 0 Å². The molecule has 1 aliphatic carbocycles. The van der Waals surface area contributed by atoms with Crippen LogP contribution in [0, 0.1) is 24.5 Å². The van der Waals surface area contributed by atoms with Gasteiger partial charge in [-0.2, -0.15) is 0 Å². The molecule has 0 aliphatic heterocycles. The predicted octanol–water partition coefficient (Wildman–Crippen LogP) is 4.67. The smallest absolute Gasteiger partial charge is 0.131 e. The average molecular weight is 268 g/mol. The monoisotopic (exact) mass is 268 g/mol. The highest BCUT2D eigenvalue weighted by Crippen LogP contribution is 2.31. The van der Waals surface area contributed by atoms with E-state index in [-0.39, 0.29) is 5.56 Å². The summed E-state index contributed by atoms with van der Waals surface area (Å²) in [5.74, 6) is -0.534. The Morgan fingerprint density at radius 2 is 1.84 bits per heavy atom.